The van der Waals surface area contributed by atoms with Gasteiger partial charge in [0.2, 0.25) is 5.89 Å². The highest BCUT2D eigenvalue weighted by Gasteiger charge is 2.15. The molecule has 5 nitrogen and oxygen atoms in total. The quantitative estimate of drug-likeness (QED) is 0.758. The van der Waals surface area contributed by atoms with Crippen molar-refractivity contribution < 1.29 is 4.42 Å². The Balaban J connectivity index is 2.52. The highest BCUT2D eigenvalue weighted by atomic mass is 35.5. The second-order valence-electron chi connectivity index (χ2n) is 2.64. The van der Waals surface area contributed by atoms with Gasteiger partial charge in [-0.3, -0.25) is 5.10 Å². The Labute approximate surface area is 79.1 Å². The first kappa shape index (κ1) is 8.25. The van der Waals surface area contributed by atoms with Gasteiger partial charge in [-0.25, -0.2) is 0 Å². The van der Waals surface area contributed by atoms with Crippen LogP contribution in [0.3, 0.4) is 0 Å². The first-order valence-electron chi connectivity index (χ1n) is 3.69. The van der Waals surface area contributed by atoms with Crippen LogP contribution in [0.15, 0.2) is 4.42 Å². The molecule has 0 aromatic carbocycles. The van der Waals surface area contributed by atoms with E-state index in [1.165, 1.54) is 0 Å². The molecule has 6 heteroatoms. The summed E-state index contributed by atoms with van der Waals surface area (Å²) in [6, 6.07) is 0. The van der Waals surface area contributed by atoms with Crippen molar-refractivity contribution in [1.29, 1.82) is 0 Å². The Bertz CT molecular complexity index is 433. The summed E-state index contributed by atoms with van der Waals surface area (Å²) in [6.07, 6.45) is 0. The fraction of sp³-hybridized carbons (Fsp3) is 0.286. The van der Waals surface area contributed by atoms with Gasteiger partial charge in [0.05, 0.1) is 10.7 Å². The fourth-order valence-corrected chi connectivity index (χ4v) is 1.11. The third-order valence-electron chi connectivity index (χ3n) is 1.60. The molecule has 0 atom stereocenters. The van der Waals surface area contributed by atoms with Gasteiger partial charge in [-0.1, -0.05) is 11.6 Å². The van der Waals surface area contributed by atoms with Crippen molar-refractivity contribution in [3.05, 3.63) is 16.6 Å². The summed E-state index contributed by atoms with van der Waals surface area (Å²) in [7, 11) is 0. The largest absolute Gasteiger partial charge is 0.420 e. The average Bonchev–Trinajstić information content (AvgIpc) is 2.62. The maximum absolute atomic E-state index is 5.93. The number of nitrogens with one attached hydrogen (secondary N) is 1. The van der Waals surface area contributed by atoms with E-state index in [-0.39, 0.29) is 0 Å². The molecule has 0 aliphatic carbocycles. The standard InChI is InChI=1S/C7H7ClN4O/c1-3-5(8)6(11-9-3)7-12-10-4(2)13-7/h1-2H3,(H,9,11). The van der Waals surface area contributed by atoms with Crippen LogP contribution in [0, 0.1) is 13.8 Å². The lowest BCUT2D eigenvalue weighted by atomic mass is 10.4. The summed E-state index contributed by atoms with van der Waals surface area (Å²) in [5.41, 5.74) is 1.28. The Morgan fingerprint density at radius 3 is 2.54 bits per heavy atom. The van der Waals surface area contributed by atoms with Crippen molar-refractivity contribution >= 4 is 11.6 Å². The van der Waals surface area contributed by atoms with E-state index in [1.807, 2.05) is 6.92 Å². The molecule has 1 N–H and O–H groups in total. The van der Waals surface area contributed by atoms with Gasteiger partial charge < -0.3 is 4.42 Å². The van der Waals surface area contributed by atoms with E-state index in [9.17, 15) is 0 Å². The summed E-state index contributed by atoms with van der Waals surface area (Å²) < 4.78 is 5.17. The van der Waals surface area contributed by atoms with Gasteiger partial charge in [0.1, 0.15) is 0 Å². The van der Waals surface area contributed by atoms with Gasteiger partial charge in [0, 0.05) is 6.92 Å². The summed E-state index contributed by atoms with van der Waals surface area (Å²) in [5, 5.41) is 14.7. The lowest BCUT2D eigenvalue weighted by molar-refractivity contribution is 0.531. The number of rotatable bonds is 1. The smallest absolute Gasteiger partial charge is 0.269 e. The van der Waals surface area contributed by atoms with E-state index in [1.54, 1.807) is 6.92 Å². The summed E-state index contributed by atoms with van der Waals surface area (Å²) in [4.78, 5) is 0. The molecule has 13 heavy (non-hydrogen) atoms. The number of halogens is 1. The molecule has 68 valence electrons. The van der Waals surface area contributed by atoms with E-state index in [0.29, 0.717) is 22.5 Å². The molecule has 0 saturated heterocycles. The number of hydrogen-bond donors (Lipinski definition) is 1. The Morgan fingerprint density at radius 2 is 2.08 bits per heavy atom. The predicted molar refractivity (Wildman–Crippen MR) is 46.4 cm³/mol. The molecular weight excluding hydrogens is 192 g/mol. The minimum Gasteiger partial charge on any atom is -0.420 e. The molecule has 0 aliphatic rings. The molecule has 0 bridgehead atoms. The van der Waals surface area contributed by atoms with E-state index in [2.05, 4.69) is 20.4 Å². The predicted octanol–water partition coefficient (Wildman–Crippen LogP) is 1.73. The second-order valence-corrected chi connectivity index (χ2v) is 3.02. The van der Waals surface area contributed by atoms with Crippen LogP contribution in [-0.4, -0.2) is 20.4 Å². The molecule has 2 rings (SSSR count). The number of hydrogen-bond acceptors (Lipinski definition) is 4. The monoisotopic (exact) mass is 198 g/mol. The van der Waals surface area contributed by atoms with Gasteiger partial charge in [-0.15, -0.1) is 10.2 Å². The maximum atomic E-state index is 5.93. The molecule has 2 aromatic rings. The van der Waals surface area contributed by atoms with E-state index >= 15 is 0 Å². The Hall–Kier alpha value is -1.36. The van der Waals surface area contributed by atoms with Crippen molar-refractivity contribution in [2.24, 2.45) is 0 Å². The molecule has 0 aliphatic heterocycles. The molecule has 0 spiro atoms. The summed E-state index contributed by atoms with van der Waals surface area (Å²) in [5.74, 6) is 0.832. The average molecular weight is 199 g/mol. The zero-order valence-electron chi connectivity index (χ0n) is 7.13. The minimum absolute atomic E-state index is 0.340. The zero-order chi connectivity index (χ0) is 9.42. The number of aryl methyl sites for hydroxylation is 2. The van der Waals surface area contributed by atoms with Gasteiger partial charge >= 0.3 is 0 Å². The second kappa shape index (κ2) is 2.85. The van der Waals surface area contributed by atoms with Crippen LogP contribution in [0.2, 0.25) is 5.02 Å². The number of H-pyrrole nitrogens is 1. The maximum Gasteiger partial charge on any atom is 0.269 e. The molecule has 0 amide bonds. The van der Waals surface area contributed by atoms with Crippen LogP contribution in [0.4, 0.5) is 0 Å². The summed E-state index contributed by atoms with van der Waals surface area (Å²) in [6.45, 7) is 3.53. The number of aromatic nitrogens is 4. The molecular formula is C7H7ClN4O. The lowest BCUT2D eigenvalue weighted by Gasteiger charge is -1.86. The first-order valence-corrected chi connectivity index (χ1v) is 4.07. The van der Waals surface area contributed by atoms with Crippen molar-refractivity contribution in [2.75, 3.05) is 0 Å². The van der Waals surface area contributed by atoms with Crippen LogP contribution in [0.5, 0.6) is 0 Å². The van der Waals surface area contributed by atoms with Gasteiger partial charge in [-0.2, -0.15) is 5.10 Å². The minimum atomic E-state index is 0.340. The van der Waals surface area contributed by atoms with Crippen LogP contribution in [0.1, 0.15) is 11.6 Å². The highest BCUT2D eigenvalue weighted by molar-refractivity contribution is 6.33. The molecule has 2 aromatic heterocycles. The zero-order valence-corrected chi connectivity index (χ0v) is 7.88. The van der Waals surface area contributed by atoms with Gasteiger partial charge in [-0.05, 0) is 6.92 Å². The lowest BCUT2D eigenvalue weighted by Crippen LogP contribution is -1.78. The van der Waals surface area contributed by atoms with Crippen molar-refractivity contribution in [3.8, 4) is 11.6 Å². The van der Waals surface area contributed by atoms with Crippen LogP contribution >= 0.6 is 11.6 Å². The van der Waals surface area contributed by atoms with Crippen molar-refractivity contribution in [2.45, 2.75) is 13.8 Å². The van der Waals surface area contributed by atoms with Crippen LogP contribution in [0.25, 0.3) is 11.6 Å². The van der Waals surface area contributed by atoms with E-state index in [4.69, 9.17) is 16.0 Å². The first-order chi connectivity index (χ1) is 6.18. The van der Waals surface area contributed by atoms with E-state index < -0.39 is 0 Å². The van der Waals surface area contributed by atoms with E-state index in [0.717, 1.165) is 5.69 Å². The highest BCUT2D eigenvalue weighted by Crippen LogP contribution is 2.26. The van der Waals surface area contributed by atoms with Gasteiger partial charge in [0.15, 0.2) is 5.69 Å². The van der Waals surface area contributed by atoms with Crippen molar-refractivity contribution in [1.82, 2.24) is 20.4 Å². The van der Waals surface area contributed by atoms with Gasteiger partial charge in [0.25, 0.3) is 5.89 Å². The number of nitrogens with zero attached hydrogens (tertiary/aromatic N) is 3. The van der Waals surface area contributed by atoms with Crippen LogP contribution < -0.4 is 0 Å². The molecule has 0 unspecified atom stereocenters. The number of aromatic amines is 1. The third-order valence-corrected chi connectivity index (χ3v) is 2.06. The van der Waals surface area contributed by atoms with Crippen molar-refractivity contribution in [3.63, 3.8) is 0 Å². The summed E-state index contributed by atoms with van der Waals surface area (Å²) >= 11 is 5.93. The topological polar surface area (TPSA) is 67.6 Å². The normalized spacial score (nSPS) is 10.7. The molecule has 2 heterocycles. The molecule has 0 fully saturated rings. The Kier molecular flexibility index (Phi) is 1.81. The Morgan fingerprint density at radius 1 is 1.31 bits per heavy atom. The molecule has 0 saturated carbocycles. The molecule has 0 radical (unpaired) electrons. The SMILES string of the molecule is Cc1nnc(-c2n[nH]c(C)c2Cl)o1. The van der Waals surface area contributed by atoms with Crippen LogP contribution in [-0.2, 0) is 0 Å². The third kappa shape index (κ3) is 1.31. The fourth-order valence-electron chi connectivity index (χ4n) is 0.949.